The van der Waals surface area contributed by atoms with Crippen molar-refractivity contribution in [1.82, 2.24) is 18.8 Å². The third-order valence-electron chi connectivity index (χ3n) is 7.11. The largest absolute Gasteiger partial charge is 0.443 e. The summed E-state index contributed by atoms with van der Waals surface area (Å²) in [6.07, 6.45) is -2.73. The van der Waals surface area contributed by atoms with Crippen LogP contribution in [0.1, 0.15) is 43.9 Å². The van der Waals surface area contributed by atoms with E-state index in [4.69, 9.17) is 4.42 Å². The van der Waals surface area contributed by atoms with E-state index in [0.29, 0.717) is 17.4 Å². The van der Waals surface area contributed by atoms with Gasteiger partial charge in [-0.25, -0.2) is 13.2 Å². The van der Waals surface area contributed by atoms with Crippen LogP contribution in [0.25, 0.3) is 16.7 Å². The topological polar surface area (TPSA) is 124 Å². The summed E-state index contributed by atoms with van der Waals surface area (Å²) >= 11 is 0. The maximum atomic E-state index is 13.4. The van der Waals surface area contributed by atoms with Crippen molar-refractivity contribution in [3.8, 4) is 5.69 Å². The highest BCUT2D eigenvalue weighted by atomic mass is 32.2. The van der Waals surface area contributed by atoms with Gasteiger partial charge in [0.1, 0.15) is 11.6 Å². The van der Waals surface area contributed by atoms with Crippen molar-refractivity contribution in [3.05, 3.63) is 92.8 Å². The number of para-hydroxylation sites is 1. The second kappa shape index (κ2) is 10.9. The molecule has 5 rings (SSSR count). The smallest absolute Gasteiger partial charge is 0.416 e. The van der Waals surface area contributed by atoms with Crippen LogP contribution in [0.15, 0.2) is 79.9 Å². The zero-order valence-electron chi connectivity index (χ0n) is 22.6. The summed E-state index contributed by atoms with van der Waals surface area (Å²) < 4.78 is 74.5. The van der Waals surface area contributed by atoms with Gasteiger partial charge in [0.25, 0.3) is 15.6 Å². The van der Waals surface area contributed by atoms with E-state index in [2.05, 4.69) is 5.32 Å². The third kappa shape index (κ3) is 5.39. The average molecular weight is 605 g/mol. The molecule has 1 saturated heterocycles. The second-order valence-corrected chi connectivity index (χ2v) is 12.0. The molecule has 222 valence electrons. The van der Waals surface area contributed by atoms with Crippen molar-refractivity contribution in [1.29, 1.82) is 0 Å². The van der Waals surface area contributed by atoms with E-state index < -0.39 is 51.0 Å². The lowest BCUT2D eigenvalue weighted by Crippen LogP contribution is -2.47. The molecule has 1 aliphatic rings. The molecule has 3 heterocycles. The van der Waals surface area contributed by atoms with Gasteiger partial charge in [-0.2, -0.15) is 17.5 Å². The van der Waals surface area contributed by atoms with Gasteiger partial charge in [-0.15, -0.1) is 0 Å². The molecular weight excluding hydrogens is 577 g/mol. The molecule has 0 unspecified atom stereocenters. The first-order valence-corrected chi connectivity index (χ1v) is 14.6. The van der Waals surface area contributed by atoms with Gasteiger partial charge in [0.15, 0.2) is 0 Å². The summed E-state index contributed by atoms with van der Waals surface area (Å²) in [6.45, 7) is 2.94. The van der Waals surface area contributed by atoms with Crippen LogP contribution < -0.4 is 16.6 Å². The molecule has 0 bridgehead atoms. The van der Waals surface area contributed by atoms with Gasteiger partial charge in [-0.05, 0) is 57.0 Å². The molecule has 1 atom stereocenters. The van der Waals surface area contributed by atoms with Crippen molar-refractivity contribution in [3.63, 3.8) is 0 Å². The lowest BCUT2D eigenvalue weighted by Gasteiger charge is -2.22. The van der Waals surface area contributed by atoms with Crippen molar-refractivity contribution in [2.45, 2.75) is 56.6 Å². The van der Waals surface area contributed by atoms with Gasteiger partial charge in [0.05, 0.1) is 16.8 Å². The third-order valence-corrected chi connectivity index (χ3v) is 8.87. The highest BCUT2D eigenvalue weighted by Crippen LogP contribution is 2.31. The number of furan rings is 1. The van der Waals surface area contributed by atoms with Gasteiger partial charge >= 0.3 is 11.9 Å². The Bertz CT molecular complexity index is 1840. The van der Waals surface area contributed by atoms with Crippen LogP contribution in [0.5, 0.6) is 0 Å². The SMILES string of the molecule is CC(C)n1c(=O)c(CNC(=O)[C@@H]2CCCN2S(=O)(=O)c2cc3ccccc3o2)cn(-c2ccc(C(F)(F)F)cc2)c1=O. The minimum absolute atomic E-state index is 0.0127. The van der Waals surface area contributed by atoms with Gasteiger partial charge in [0.2, 0.25) is 11.0 Å². The van der Waals surface area contributed by atoms with Crippen LogP contribution in [-0.2, 0) is 27.5 Å². The predicted octanol–water partition coefficient (Wildman–Crippen LogP) is 3.81. The minimum atomic E-state index is -4.57. The van der Waals surface area contributed by atoms with Gasteiger partial charge < -0.3 is 9.73 Å². The predicted molar refractivity (Wildman–Crippen MR) is 147 cm³/mol. The Morgan fingerprint density at radius 3 is 2.43 bits per heavy atom. The molecule has 0 spiro atoms. The van der Waals surface area contributed by atoms with Gasteiger partial charge in [0, 0.05) is 36.8 Å². The van der Waals surface area contributed by atoms with Gasteiger partial charge in [-0.3, -0.25) is 18.7 Å². The molecule has 10 nitrogen and oxygen atoms in total. The first-order chi connectivity index (χ1) is 19.8. The van der Waals surface area contributed by atoms with E-state index in [9.17, 15) is 36.0 Å². The minimum Gasteiger partial charge on any atom is -0.443 e. The Labute approximate surface area is 238 Å². The first kappa shape index (κ1) is 29.3. The summed E-state index contributed by atoms with van der Waals surface area (Å²) in [4.78, 5) is 39.5. The fourth-order valence-corrected chi connectivity index (χ4v) is 6.59. The van der Waals surface area contributed by atoms with Crippen molar-refractivity contribution >= 4 is 26.9 Å². The molecular formula is C28H27F3N4O6S. The number of benzene rings is 2. The van der Waals surface area contributed by atoms with Crippen molar-refractivity contribution < 1.29 is 30.8 Å². The van der Waals surface area contributed by atoms with Crippen molar-refractivity contribution in [2.24, 2.45) is 0 Å². The fourth-order valence-electron chi connectivity index (χ4n) is 4.99. The average Bonchev–Trinajstić information content (AvgIpc) is 3.61. The quantitative estimate of drug-likeness (QED) is 0.342. The van der Waals surface area contributed by atoms with E-state index in [1.54, 1.807) is 38.1 Å². The monoisotopic (exact) mass is 604 g/mol. The first-order valence-electron chi connectivity index (χ1n) is 13.1. The Morgan fingerprint density at radius 2 is 1.79 bits per heavy atom. The van der Waals surface area contributed by atoms with E-state index in [0.717, 1.165) is 37.7 Å². The number of carbonyl (C=O) groups is 1. The highest BCUT2D eigenvalue weighted by Gasteiger charge is 2.41. The maximum absolute atomic E-state index is 13.4. The standard InChI is InChI=1S/C28H27F3N4O6S/c1-17(2)35-26(37)19(16-33(27(35)38)21-11-9-20(10-12-21)28(29,30)31)15-32-25(36)22-7-5-13-34(22)42(39,40)24-14-18-6-3-4-8-23(18)41-24/h3-4,6,8-12,14,16-17,22H,5,7,13,15H2,1-2H3,(H,32,36)/t22-/m0/s1. The number of carbonyl (C=O) groups excluding carboxylic acids is 1. The zero-order chi connectivity index (χ0) is 30.4. The van der Waals surface area contributed by atoms with Crippen LogP contribution in [0.2, 0.25) is 0 Å². The number of alkyl halides is 3. The molecule has 2 aromatic carbocycles. The number of nitrogens with zero attached hydrogens (tertiary/aromatic N) is 3. The van der Waals surface area contributed by atoms with E-state index in [-0.39, 0.29) is 35.9 Å². The zero-order valence-corrected chi connectivity index (χ0v) is 23.4. The summed E-state index contributed by atoms with van der Waals surface area (Å²) in [5, 5.41) is 2.91. The maximum Gasteiger partial charge on any atom is 0.416 e. The number of hydrogen-bond acceptors (Lipinski definition) is 6. The van der Waals surface area contributed by atoms with Gasteiger partial charge in [-0.1, -0.05) is 18.2 Å². The number of amides is 1. The molecule has 1 fully saturated rings. The molecule has 0 aliphatic carbocycles. The molecule has 2 aromatic heterocycles. The lowest BCUT2D eigenvalue weighted by atomic mass is 10.2. The molecule has 1 N–H and O–H groups in total. The Kier molecular flexibility index (Phi) is 7.62. The second-order valence-electron chi connectivity index (χ2n) is 10.2. The molecule has 1 amide bonds. The van der Waals surface area contributed by atoms with Crippen LogP contribution in [-0.4, -0.2) is 40.4 Å². The Hall–Kier alpha value is -4.17. The highest BCUT2D eigenvalue weighted by molar-refractivity contribution is 7.89. The number of hydrogen-bond donors (Lipinski definition) is 1. The molecule has 42 heavy (non-hydrogen) atoms. The lowest BCUT2D eigenvalue weighted by molar-refractivity contribution is -0.137. The van der Waals surface area contributed by atoms with Crippen molar-refractivity contribution in [2.75, 3.05) is 6.54 Å². The van der Waals surface area contributed by atoms with E-state index >= 15 is 0 Å². The molecule has 0 saturated carbocycles. The Balaban J connectivity index is 1.41. The number of sulfonamides is 1. The van der Waals surface area contributed by atoms with Crippen LogP contribution in [0, 0.1) is 0 Å². The molecule has 14 heteroatoms. The molecule has 4 aromatic rings. The van der Waals surface area contributed by atoms with E-state index in [1.165, 1.54) is 12.3 Å². The summed E-state index contributed by atoms with van der Waals surface area (Å²) in [7, 11) is -4.15. The number of fused-ring (bicyclic) bond motifs is 1. The summed E-state index contributed by atoms with van der Waals surface area (Å²) in [5.41, 5.74) is -1.88. The number of aromatic nitrogens is 2. The molecule has 0 radical (unpaired) electrons. The number of nitrogens with one attached hydrogen (secondary N) is 1. The summed E-state index contributed by atoms with van der Waals surface area (Å²) in [6, 6.07) is 10.4. The number of rotatable bonds is 7. The van der Waals surface area contributed by atoms with E-state index in [1.807, 2.05) is 0 Å². The molecule has 1 aliphatic heterocycles. The van der Waals surface area contributed by atoms with Crippen LogP contribution in [0.3, 0.4) is 0 Å². The summed E-state index contributed by atoms with van der Waals surface area (Å²) in [5.74, 6) is -0.644. The normalized spacial score (nSPS) is 16.4. The fraction of sp³-hybridized carbons (Fsp3) is 0.321. The number of halogens is 3. The Morgan fingerprint density at radius 1 is 1.10 bits per heavy atom. The van der Waals surface area contributed by atoms with Crippen LogP contribution in [0.4, 0.5) is 13.2 Å². The van der Waals surface area contributed by atoms with Crippen LogP contribution >= 0.6 is 0 Å².